The van der Waals surface area contributed by atoms with Crippen molar-refractivity contribution in [2.24, 2.45) is 5.92 Å². The van der Waals surface area contributed by atoms with Crippen molar-refractivity contribution in [1.82, 2.24) is 9.71 Å². The lowest BCUT2D eigenvalue weighted by Gasteiger charge is -2.26. The highest BCUT2D eigenvalue weighted by Crippen LogP contribution is 2.33. The van der Waals surface area contributed by atoms with Crippen LogP contribution in [0.3, 0.4) is 0 Å². The maximum absolute atomic E-state index is 11.4. The largest absolute Gasteiger partial charge is 0.370 e. The monoisotopic (exact) mass is 386 g/mol. The van der Waals surface area contributed by atoms with E-state index in [4.69, 9.17) is 0 Å². The minimum absolute atomic E-state index is 0.312. The maximum Gasteiger partial charge on any atom is 0.208 e. The van der Waals surface area contributed by atoms with Gasteiger partial charge in [-0.05, 0) is 62.3 Å². The van der Waals surface area contributed by atoms with Crippen LogP contribution in [-0.2, 0) is 10.0 Å². The van der Waals surface area contributed by atoms with Gasteiger partial charge in [0, 0.05) is 31.2 Å². The van der Waals surface area contributed by atoms with E-state index >= 15 is 0 Å². The molecule has 1 aromatic carbocycles. The number of aryl methyl sites for hydroxylation is 2. The molecule has 0 bridgehead atoms. The Balaban J connectivity index is 1.90. The van der Waals surface area contributed by atoms with Crippen LogP contribution in [0.25, 0.3) is 10.9 Å². The molecule has 1 fully saturated rings. The van der Waals surface area contributed by atoms with Crippen molar-refractivity contribution < 1.29 is 8.42 Å². The summed E-state index contributed by atoms with van der Waals surface area (Å²) in [4.78, 5) is 6.75. The lowest BCUT2D eigenvalue weighted by atomic mass is 10.0. The third-order valence-electron chi connectivity index (χ3n) is 5.37. The van der Waals surface area contributed by atoms with Crippen LogP contribution in [0.15, 0.2) is 18.3 Å². The lowest BCUT2D eigenvalue weighted by molar-refractivity contribution is 0.464. The number of benzene rings is 1. The summed E-state index contributed by atoms with van der Waals surface area (Å²) in [5.41, 5.74) is 4.84. The molecule has 7 heteroatoms. The average Bonchev–Trinajstić information content (AvgIpc) is 2.85. The van der Waals surface area contributed by atoms with Gasteiger partial charge in [0.05, 0.1) is 23.0 Å². The molecule has 0 saturated carbocycles. The Morgan fingerprint density at radius 3 is 2.70 bits per heavy atom. The Bertz CT molecular complexity index is 995. The van der Waals surface area contributed by atoms with Crippen molar-refractivity contribution in [1.29, 1.82) is 5.26 Å². The molecule has 3 rings (SSSR count). The minimum Gasteiger partial charge on any atom is -0.370 e. The van der Waals surface area contributed by atoms with E-state index in [0.717, 1.165) is 48.9 Å². The van der Waals surface area contributed by atoms with Crippen LogP contribution in [-0.4, -0.2) is 39.3 Å². The number of sulfonamides is 1. The van der Waals surface area contributed by atoms with E-state index in [2.05, 4.69) is 46.7 Å². The molecule has 144 valence electrons. The fourth-order valence-corrected chi connectivity index (χ4v) is 4.26. The summed E-state index contributed by atoms with van der Waals surface area (Å²) in [5, 5.41) is 10.7. The molecule has 0 spiro atoms. The summed E-state index contributed by atoms with van der Waals surface area (Å²) in [5.74, 6) is 0.312. The summed E-state index contributed by atoms with van der Waals surface area (Å²) < 4.78 is 25.4. The van der Waals surface area contributed by atoms with Crippen LogP contribution in [0.1, 0.15) is 36.0 Å². The molecular weight excluding hydrogens is 360 g/mol. The van der Waals surface area contributed by atoms with E-state index in [-0.39, 0.29) is 0 Å². The van der Waals surface area contributed by atoms with E-state index in [1.54, 1.807) is 6.20 Å². The van der Waals surface area contributed by atoms with Gasteiger partial charge in [0.15, 0.2) is 0 Å². The van der Waals surface area contributed by atoms with Crippen molar-refractivity contribution in [2.75, 3.05) is 30.8 Å². The van der Waals surface area contributed by atoms with Gasteiger partial charge in [0.2, 0.25) is 10.0 Å². The number of aromatic nitrogens is 1. The van der Waals surface area contributed by atoms with Crippen molar-refractivity contribution in [3.05, 3.63) is 35.0 Å². The zero-order chi connectivity index (χ0) is 19.6. The highest BCUT2D eigenvalue weighted by Gasteiger charge is 2.22. The van der Waals surface area contributed by atoms with Crippen LogP contribution in [0, 0.1) is 31.1 Å². The number of fused-ring (bicyclic) bond motifs is 1. The molecule has 1 atom stereocenters. The third-order valence-corrected chi connectivity index (χ3v) is 6.06. The molecular formula is C20H26N4O2S. The number of hydrogen-bond donors (Lipinski definition) is 1. The van der Waals surface area contributed by atoms with Crippen LogP contribution < -0.4 is 9.62 Å². The fourth-order valence-electron chi connectivity index (χ4n) is 3.72. The van der Waals surface area contributed by atoms with Crippen LogP contribution >= 0.6 is 0 Å². The fraction of sp³-hybridized carbons (Fsp3) is 0.500. The molecule has 1 aromatic heterocycles. The third kappa shape index (κ3) is 4.57. The Morgan fingerprint density at radius 1 is 1.26 bits per heavy atom. The predicted octanol–water partition coefficient (Wildman–Crippen LogP) is 2.88. The quantitative estimate of drug-likeness (QED) is 0.873. The zero-order valence-corrected chi connectivity index (χ0v) is 16.9. The van der Waals surface area contributed by atoms with E-state index in [9.17, 15) is 13.7 Å². The molecule has 0 radical (unpaired) electrons. The molecule has 1 saturated heterocycles. The molecule has 2 aromatic rings. The smallest absolute Gasteiger partial charge is 0.208 e. The van der Waals surface area contributed by atoms with Crippen LogP contribution in [0.2, 0.25) is 0 Å². The van der Waals surface area contributed by atoms with Crippen molar-refractivity contribution >= 4 is 26.6 Å². The number of nitriles is 1. The molecule has 2 heterocycles. The van der Waals surface area contributed by atoms with E-state index in [0.29, 0.717) is 18.0 Å². The predicted molar refractivity (Wildman–Crippen MR) is 108 cm³/mol. The molecule has 1 aliphatic rings. The number of pyridine rings is 1. The van der Waals surface area contributed by atoms with Gasteiger partial charge in [-0.1, -0.05) is 0 Å². The number of hydrogen-bond acceptors (Lipinski definition) is 5. The number of anilines is 1. The summed E-state index contributed by atoms with van der Waals surface area (Å²) in [6.45, 7) is 6.28. The van der Waals surface area contributed by atoms with Crippen molar-refractivity contribution in [3.63, 3.8) is 0 Å². The van der Waals surface area contributed by atoms with Gasteiger partial charge in [-0.25, -0.2) is 13.1 Å². The van der Waals surface area contributed by atoms with Gasteiger partial charge >= 0.3 is 0 Å². The molecule has 0 amide bonds. The Hall–Kier alpha value is -2.17. The van der Waals surface area contributed by atoms with Gasteiger partial charge in [-0.3, -0.25) is 4.98 Å². The number of rotatable bonds is 4. The first kappa shape index (κ1) is 19.6. The first-order chi connectivity index (χ1) is 12.8. The molecule has 6 nitrogen and oxygen atoms in total. The lowest BCUT2D eigenvalue weighted by Crippen LogP contribution is -2.29. The van der Waals surface area contributed by atoms with Gasteiger partial charge in [0.25, 0.3) is 0 Å². The highest BCUT2D eigenvalue weighted by molar-refractivity contribution is 7.88. The number of nitrogens with one attached hydrogen (secondary N) is 1. The molecule has 0 aliphatic carbocycles. The topological polar surface area (TPSA) is 86.1 Å². The minimum atomic E-state index is -3.16. The van der Waals surface area contributed by atoms with E-state index < -0.39 is 10.0 Å². The van der Waals surface area contributed by atoms with Crippen molar-refractivity contribution in [2.45, 2.75) is 33.1 Å². The van der Waals surface area contributed by atoms with E-state index in [1.807, 2.05) is 0 Å². The molecule has 1 aliphatic heterocycles. The zero-order valence-electron chi connectivity index (χ0n) is 16.1. The van der Waals surface area contributed by atoms with Crippen LogP contribution in [0.5, 0.6) is 0 Å². The van der Waals surface area contributed by atoms with Gasteiger partial charge < -0.3 is 4.90 Å². The second-order valence-corrected chi connectivity index (χ2v) is 9.32. The first-order valence-electron chi connectivity index (χ1n) is 9.28. The maximum atomic E-state index is 11.4. The highest BCUT2D eigenvalue weighted by atomic mass is 32.2. The van der Waals surface area contributed by atoms with Crippen molar-refractivity contribution in [3.8, 4) is 6.07 Å². The SMILES string of the molecule is Cc1cc2ncc(C#N)c(N3CCC[C@@H](CNS(C)(=O)=O)CC3)c2cc1C. The molecule has 27 heavy (non-hydrogen) atoms. The van der Waals surface area contributed by atoms with Gasteiger partial charge in [-0.2, -0.15) is 5.26 Å². The summed E-state index contributed by atoms with van der Waals surface area (Å²) in [6.07, 6.45) is 5.70. The first-order valence-corrected chi connectivity index (χ1v) is 11.2. The Kier molecular flexibility index (Phi) is 5.68. The summed E-state index contributed by atoms with van der Waals surface area (Å²) >= 11 is 0. The average molecular weight is 387 g/mol. The molecule has 0 unspecified atom stereocenters. The Labute approximate surface area is 161 Å². The Morgan fingerprint density at radius 2 is 2.00 bits per heavy atom. The van der Waals surface area contributed by atoms with Gasteiger partial charge in [0.1, 0.15) is 6.07 Å². The number of nitrogens with zero attached hydrogens (tertiary/aromatic N) is 3. The standard InChI is InChI=1S/C20H26N4O2S/c1-14-9-18-19(10-15(14)2)22-13-17(11-21)20(18)24-7-4-5-16(6-8-24)12-23-27(3,25)26/h9-10,13,16,23H,4-8,12H2,1-3H3/t16-/m1/s1. The summed E-state index contributed by atoms with van der Waals surface area (Å²) in [7, 11) is -3.16. The molecule has 1 N–H and O–H groups in total. The second-order valence-electron chi connectivity index (χ2n) is 7.49. The van der Waals surface area contributed by atoms with E-state index in [1.165, 1.54) is 17.4 Å². The summed E-state index contributed by atoms with van der Waals surface area (Å²) in [6, 6.07) is 6.50. The van der Waals surface area contributed by atoms with Crippen LogP contribution in [0.4, 0.5) is 5.69 Å². The van der Waals surface area contributed by atoms with Gasteiger partial charge in [-0.15, -0.1) is 0 Å². The second kappa shape index (κ2) is 7.83. The normalized spacial score (nSPS) is 18.3.